The van der Waals surface area contributed by atoms with E-state index in [-0.39, 0.29) is 9.90 Å². The highest BCUT2D eigenvalue weighted by Crippen LogP contribution is 2.28. The molecule has 3 rings (SSSR count). The number of hydrogen-bond acceptors (Lipinski definition) is 1. The van der Waals surface area contributed by atoms with Crippen molar-refractivity contribution in [2.75, 3.05) is 0 Å². The molecule has 0 radical (unpaired) electrons. The van der Waals surface area contributed by atoms with Gasteiger partial charge in [-0.1, -0.05) is 72.6 Å². The Labute approximate surface area is 161 Å². The maximum Gasteiger partial charge on any atom is 0.119 e. The quantitative estimate of drug-likeness (QED) is 0.476. The molecule has 1 nitrogen and oxygen atoms in total. The zero-order valence-corrected chi connectivity index (χ0v) is 17.7. The van der Waals surface area contributed by atoms with Crippen LogP contribution in [0, 0.1) is 20.8 Å². The summed E-state index contributed by atoms with van der Waals surface area (Å²) in [6.45, 7) is 9.30. The first kappa shape index (κ1) is 20.2. The molecular weight excluding hydrogens is 335 g/mol. The summed E-state index contributed by atoms with van der Waals surface area (Å²) in [7, 11) is 0. The van der Waals surface area contributed by atoms with E-state index in [2.05, 4.69) is 94.4 Å². The van der Waals surface area contributed by atoms with Gasteiger partial charge >= 0.3 is 0 Å². The Balaban J connectivity index is 0.00000243. The number of hydrogen-bond donors (Lipinski definition) is 0. The van der Waals surface area contributed by atoms with Crippen molar-refractivity contribution in [1.82, 2.24) is 0 Å². The van der Waals surface area contributed by atoms with Crippen LogP contribution in [0.1, 0.15) is 46.2 Å². The van der Waals surface area contributed by atoms with Gasteiger partial charge in [-0.25, -0.2) is 0 Å². The first-order valence-corrected chi connectivity index (χ1v) is 8.88. The summed E-state index contributed by atoms with van der Waals surface area (Å²) < 4.78 is 5.91. The van der Waals surface area contributed by atoms with E-state index < -0.39 is 0 Å². The molecule has 0 aliphatic carbocycles. The minimum atomic E-state index is 0. The topological polar surface area (TPSA) is 9.23 Å². The molecule has 0 amide bonds. The van der Waals surface area contributed by atoms with Crippen LogP contribution in [0.5, 0.6) is 5.75 Å². The zero-order chi connectivity index (χ0) is 17.8. The molecule has 3 aromatic carbocycles. The molecule has 0 aromatic heterocycles. The van der Waals surface area contributed by atoms with Crippen LogP contribution in [0.2, 0.25) is 0 Å². The summed E-state index contributed by atoms with van der Waals surface area (Å²) in [5.41, 5.74) is 7.83. The number of aryl methyl sites for hydroxylation is 3. The molecule has 136 valence electrons. The molecular formula is C24H29OP. The minimum absolute atomic E-state index is 0. The SMILES string of the molecule is Cc1ccc(COc2ccc(C(C)c3ccc(C)cc3C)cc2)cc1.P. The largest absolute Gasteiger partial charge is 0.489 e. The van der Waals surface area contributed by atoms with Crippen molar-refractivity contribution in [3.8, 4) is 5.75 Å². The second-order valence-electron chi connectivity index (χ2n) is 6.93. The molecule has 2 heteroatoms. The van der Waals surface area contributed by atoms with Gasteiger partial charge in [0.1, 0.15) is 12.4 Å². The first-order valence-electron chi connectivity index (χ1n) is 8.88. The van der Waals surface area contributed by atoms with Crippen molar-refractivity contribution in [2.45, 2.75) is 40.2 Å². The van der Waals surface area contributed by atoms with Gasteiger partial charge in [0, 0.05) is 5.92 Å². The molecule has 0 saturated heterocycles. The second kappa shape index (κ2) is 9.01. The third-order valence-corrected chi connectivity index (χ3v) is 4.80. The van der Waals surface area contributed by atoms with Gasteiger partial charge in [-0.2, -0.15) is 9.90 Å². The van der Waals surface area contributed by atoms with Crippen molar-refractivity contribution < 1.29 is 4.74 Å². The van der Waals surface area contributed by atoms with Crippen LogP contribution >= 0.6 is 9.90 Å². The van der Waals surface area contributed by atoms with Crippen molar-refractivity contribution in [1.29, 1.82) is 0 Å². The zero-order valence-electron chi connectivity index (χ0n) is 16.3. The van der Waals surface area contributed by atoms with Crippen LogP contribution in [-0.2, 0) is 6.61 Å². The molecule has 3 aromatic rings. The maximum absolute atomic E-state index is 5.91. The summed E-state index contributed by atoms with van der Waals surface area (Å²) in [6.07, 6.45) is 0. The molecule has 0 aliphatic rings. The van der Waals surface area contributed by atoms with Crippen LogP contribution in [0.15, 0.2) is 66.7 Å². The van der Waals surface area contributed by atoms with Gasteiger partial charge in [-0.05, 0) is 55.2 Å². The van der Waals surface area contributed by atoms with Crippen molar-refractivity contribution in [3.05, 3.63) is 100 Å². The third-order valence-electron chi connectivity index (χ3n) is 4.80. The fourth-order valence-corrected chi connectivity index (χ4v) is 3.19. The van der Waals surface area contributed by atoms with Crippen LogP contribution < -0.4 is 4.74 Å². The summed E-state index contributed by atoms with van der Waals surface area (Å²) in [5.74, 6) is 1.30. The smallest absolute Gasteiger partial charge is 0.119 e. The molecule has 0 aliphatic heterocycles. The lowest BCUT2D eigenvalue weighted by molar-refractivity contribution is 0.306. The van der Waals surface area contributed by atoms with E-state index in [0.717, 1.165) is 5.75 Å². The van der Waals surface area contributed by atoms with Gasteiger partial charge in [0.05, 0.1) is 0 Å². The van der Waals surface area contributed by atoms with Crippen molar-refractivity contribution in [3.63, 3.8) is 0 Å². The maximum atomic E-state index is 5.91. The lowest BCUT2D eigenvalue weighted by Crippen LogP contribution is -2.00. The van der Waals surface area contributed by atoms with E-state index in [1.54, 1.807) is 0 Å². The monoisotopic (exact) mass is 364 g/mol. The average molecular weight is 364 g/mol. The van der Waals surface area contributed by atoms with E-state index >= 15 is 0 Å². The highest BCUT2D eigenvalue weighted by atomic mass is 31.0. The Morgan fingerprint density at radius 3 is 2.00 bits per heavy atom. The lowest BCUT2D eigenvalue weighted by Gasteiger charge is -2.16. The summed E-state index contributed by atoms with van der Waals surface area (Å²) in [4.78, 5) is 0. The van der Waals surface area contributed by atoms with E-state index in [0.29, 0.717) is 12.5 Å². The molecule has 2 unspecified atom stereocenters. The number of ether oxygens (including phenoxy) is 1. The predicted molar refractivity (Wildman–Crippen MR) is 116 cm³/mol. The lowest BCUT2D eigenvalue weighted by atomic mass is 9.89. The average Bonchev–Trinajstić information content (AvgIpc) is 2.61. The molecule has 2 atom stereocenters. The summed E-state index contributed by atoms with van der Waals surface area (Å²) in [6, 6.07) is 23.7. The predicted octanol–water partition coefficient (Wildman–Crippen LogP) is 6.40. The molecule has 26 heavy (non-hydrogen) atoms. The first-order chi connectivity index (χ1) is 12.0. The molecule has 0 saturated carbocycles. The fraction of sp³-hybridized carbons (Fsp3) is 0.250. The van der Waals surface area contributed by atoms with Crippen molar-refractivity contribution >= 4 is 9.90 Å². The van der Waals surface area contributed by atoms with Crippen LogP contribution in [0.4, 0.5) is 0 Å². The van der Waals surface area contributed by atoms with E-state index in [9.17, 15) is 0 Å². The van der Waals surface area contributed by atoms with Crippen LogP contribution in [0.25, 0.3) is 0 Å². The standard InChI is InChI=1S/C24H26O.H3P/c1-17-5-8-21(9-6-17)16-25-23-12-10-22(11-13-23)20(4)24-14-7-18(2)15-19(24)3;/h5-15,20H,16H2,1-4H3;1H3. The van der Waals surface area contributed by atoms with Gasteiger partial charge in [0.15, 0.2) is 0 Å². The minimum Gasteiger partial charge on any atom is -0.489 e. The fourth-order valence-electron chi connectivity index (χ4n) is 3.19. The van der Waals surface area contributed by atoms with Crippen LogP contribution in [0.3, 0.4) is 0 Å². The van der Waals surface area contributed by atoms with Gasteiger partial charge in [-0.3, -0.25) is 0 Å². The van der Waals surface area contributed by atoms with Gasteiger partial charge < -0.3 is 4.74 Å². The Morgan fingerprint density at radius 1 is 0.769 bits per heavy atom. The summed E-state index contributed by atoms with van der Waals surface area (Å²) >= 11 is 0. The van der Waals surface area contributed by atoms with Gasteiger partial charge in [0.25, 0.3) is 0 Å². The summed E-state index contributed by atoms with van der Waals surface area (Å²) in [5, 5.41) is 0. The van der Waals surface area contributed by atoms with E-state index in [1.165, 1.54) is 33.4 Å². The Morgan fingerprint density at radius 2 is 1.38 bits per heavy atom. The van der Waals surface area contributed by atoms with Gasteiger partial charge in [-0.15, -0.1) is 0 Å². The number of rotatable bonds is 5. The highest BCUT2D eigenvalue weighted by Gasteiger charge is 2.11. The molecule has 0 fully saturated rings. The second-order valence-corrected chi connectivity index (χ2v) is 6.93. The number of benzene rings is 3. The molecule has 0 spiro atoms. The molecule has 0 bridgehead atoms. The Bertz CT molecular complexity index is 835. The molecule has 0 heterocycles. The van der Waals surface area contributed by atoms with Crippen molar-refractivity contribution in [2.24, 2.45) is 0 Å². The third kappa shape index (κ3) is 4.96. The normalized spacial score (nSPS) is 11.5. The Hall–Kier alpha value is -2.11. The Kier molecular flexibility index (Phi) is 7.00. The van der Waals surface area contributed by atoms with E-state index in [1.807, 2.05) is 0 Å². The van der Waals surface area contributed by atoms with E-state index in [4.69, 9.17) is 4.74 Å². The highest BCUT2D eigenvalue weighted by molar-refractivity contribution is 6.92. The van der Waals surface area contributed by atoms with Gasteiger partial charge in [0.2, 0.25) is 0 Å². The van der Waals surface area contributed by atoms with Crippen LogP contribution in [-0.4, -0.2) is 0 Å². The molecule has 0 N–H and O–H groups in total.